The number of nitrogens with one attached hydrogen (secondary N) is 2. The largest absolute Gasteiger partial charge is 0.496 e. The maximum Gasteiger partial charge on any atom is 0.216 e. The zero-order valence-corrected chi connectivity index (χ0v) is 15.3. The Morgan fingerprint density at radius 2 is 1.81 bits per heavy atom. The van der Waals surface area contributed by atoms with Gasteiger partial charge >= 0.3 is 0 Å². The molecule has 8 heteroatoms. The number of aromatic nitrogens is 5. The number of para-hydroxylation sites is 1. The molecule has 0 aliphatic heterocycles. The van der Waals surface area contributed by atoms with E-state index in [0.29, 0.717) is 16.3 Å². The molecule has 2 heterocycles. The number of ether oxygens (including phenoxy) is 1. The van der Waals surface area contributed by atoms with Gasteiger partial charge in [-0.25, -0.2) is 5.10 Å². The van der Waals surface area contributed by atoms with Crippen molar-refractivity contribution in [3.05, 3.63) is 71.0 Å². The summed E-state index contributed by atoms with van der Waals surface area (Å²) in [6.07, 6.45) is 1.68. The molecule has 2 N–H and O–H groups in total. The van der Waals surface area contributed by atoms with Crippen LogP contribution in [0.25, 0.3) is 22.8 Å². The highest BCUT2D eigenvalue weighted by Gasteiger charge is 2.12. The highest BCUT2D eigenvalue weighted by molar-refractivity contribution is 7.71. The topological polar surface area (TPSA) is 83.9 Å². The van der Waals surface area contributed by atoms with Crippen molar-refractivity contribution in [1.82, 2.24) is 25.1 Å². The summed E-state index contributed by atoms with van der Waals surface area (Å²) in [5.41, 5.74) is 3.37. The van der Waals surface area contributed by atoms with Gasteiger partial charge in [-0.05, 0) is 30.4 Å². The first-order valence-electron chi connectivity index (χ1n) is 8.22. The number of hydrogen-bond acceptors (Lipinski definition) is 5. The molecule has 0 spiro atoms. The molecule has 0 bridgehead atoms. The van der Waals surface area contributed by atoms with Gasteiger partial charge in [-0.2, -0.15) is 20.0 Å². The van der Waals surface area contributed by atoms with Crippen LogP contribution in [0.3, 0.4) is 0 Å². The summed E-state index contributed by atoms with van der Waals surface area (Å²) in [5.74, 6) is 1.27. The SMILES string of the molecule is COc1ccccc1/C=N\n1c(-c2cc(-c3ccccc3)n[nH]2)n[nH]c1=S. The van der Waals surface area contributed by atoms with E-state index in [1.54, 1.807) is 18.0 Å². The fraction of sp³-hybridized carbons (Fsp3) is 0.0526. The number of nitrogens with zero attached hydrogens (tertiary/aromatic N) is 4. The van der Waals surface area contributed by atoms with E-state index in [4.69, 9.17) is 17.0 Å². The van der Waals surface area contributed by atoms with Crippen molar-refractivity contribution < 1.29 is 4.74 Å². The first-order valence-corrected chi connectivity index (χ1v) is 8.63. The van der Waals surface area contributed by atoms with Crippen LogP contribution in [-0.4, -0.2) is 38.4 Å². The molecule has 0 saturated carbocycles. The van der Waals surface area contributed by atoms with Crippen molar-refractivity contribution in [3.63, 3.8) is 0 Å². The molecular formula is C19H16N6OS. The van der Waals surface area contributed by atoms with Crippen LogP contribution in [0.4, 0.5) is 0 Å². The molecule has 4 aromatic rings. The normalized spacial score (nSPS) is 11.1. The van der Waals surface area contributed by atoms with Crippen molar-refractivity contribution in [2.24, 2.45) is 5.10 Å². The summed E-state index contributed by atoms with van der Waals surface area (Å²) in [6, 6.07) is 19.4. The first-order chi connectivity index (χ1) is 13.3. The second kappa shape index (κ2) is 7.38. The van der Waals surface area contributed by atoms with Crippen LogP contribution in [0.5, 0.6) is 5.75 Å². The summed E-state index contributed by atoms with van der Waals surface area (Å²) in [7, 11) is 1.62. The third-order valence-corrected chi connectivity index (χ3v) is 4.25. The fourth-order valence-electron chi connectivity index (χ4n) is 2.66. The molecule has 4 rings (SSSR count). The Labute approximate surface area is 160 Å². The van der Waals surface area contributed by atoms with Crippen molar-refractivity contribution in [2.75, 3.05) is 7.11 Å². The van der Waals surface area contributed by atoms with Crippen molar-refractivity contribution in [1.29, 1.82) is 0 Å². The Hall–Kier alpha value is -3.52. The molecule has 0 unspecified atom stereocenters. The predicted octanol–water partition coefficient (Wildman–Crippen LogP) is 3.89. The molecule has 0 aliphatic rings. The summed E-state index contributed by atoms with van der Waals surface area (Å²) >= 11 is 5.32. The second-order valence-electron chi connectivity index (χ2n) is 5.68. The van der Waals surface area contributed by atoms with Gasteiger partial charge in [-0.3, -0.25) is 5.10 Å². The Morgan fingerprint density at radius 3 is 2.63 bits per heavy atom. The highest BCUT2D eigenvalue weighted by Crippen LogP contribution is 2.23. The van der Waals surface area contributed by atoms with E-state index in [0.717, 1.165) is 22.6 Å². The van der Waals surface area contributed by atoms with E-state index in [-0.39, 0.29) is 0 Å². The van der Waals surface area contributed by atoms with Gasteiger partial charge in [-0.1, -0.05) is 42.5 Å². The van der Waals surface area contributed by atoms with Crippen LogP contribution in [0.15, 0.2) is 65.8 Å². The number of rotatable bonds is 5. The van der Waals surface area contributed by atoms with Gasteiger partial charge in [-0.15, -0.1) is 0 Å². The number of benzene rings is 2. The van der Waals surface area contributed by atoms with E-state index in [2.05, 4.69) is 25.5 Å². The van der Waals surface area contributed by atoms with Gasteiger partial charge in [0.2, 0.25) is 10.6 Å². The van der Waals surface area contributed by atoms with Crippen molar-refractivity contribution in [3.8, 4) is 28.5 Å². The average molecular weight is 376 g/mol. The maximum atomic E-state index is 5.35. The zero-order chi connectivity index (χ0) is 18.6. The monoisotopic (exact) mass is 376 g/mol. The number of hydrogen-bond donors (Lipinski definition) is 2. The lowest BCUT2D eigenvalue weighted by molar-refractivity contribution is 0.414. The Morgan fingerprint density at radius 1 is 1.04 bits per heavy atom. The lowest BCUT2D eigenvalue weighted by Crippen LogP contribution is -1.96. The smallest absolute Gasteiger partial charge is 0.216 e. The van der Waals surface area contributed by atoms with E-state index >= 15 is 0 Å². The highest BCUT2D eigenvalue weighted by atomic mass is 32.1. The van der Waals surface area contributed by atoms with Crippen LogP contribution in [0.1, 0.15) is 5.56 Å². The molecule has 2 aromatic carbocycles. The van der Waals surface area contributed by atoms with Crippen molar-refractivity contribution >= 4 is 18.4 Å². The summed E-state index contributed by atoms with van der Waals surface area (Å²) in [5, 5.41) is 18.9. The van der Waals surface area contributed by atoms with E-state index < -0.39 is 0 Å². The predicted molar refractivity (Wildman–Crippen MR) is 106 cm³/mol. The molecule has 0 fully saturated rings. The quantitative estimate of drug-likeness (QED) is 0.409. The molecule has 7 nitrogen and oxygen atoms in total. The molecule has 2 aromatic heterocycles. The number of aromatic amines is 2. The molecule has 27 heavy (non-hydrogen) atoms. The van der Waals surface area contributed by atoms with Crippen LogP contribution in [-0.2, 0) is 0 Å². The van der Waals surface area contributed by atoms with Crippen LogP contribution in [0.2, 0.25) is 0 Å². The van der Waals surface area contributed by atoms with Crippen LogP contribution in [0, 0.1) is 4.77 Å². The van der Waals surface area contributed by atoms with Crippen LogP contribution < -0.4 is 4.74 Å². The Balaban J connectivity index is 1.70. The first kappa shape index (κ1) is 16.9. The Kier molecular flexibility index (Phi) is 4.63. The zero-order valence-electron chi connectivity index (χ0n) is 14.5. The minimum atomic E-state index is 0.381. The second-order valence-corrected chi connectivity index (χ2v) is 6.07. The standard InChI is InChI=1S/C19H16N6OS/c1-26-17-10-6-5-9-14(17)12-20-25-18(23-24-19(25)27)16-11-15(21-22-16)13-7-3-2-4-8-13/h2-12H,1H3,(H,21,22)(H,24,27)/b20-12-. The minimum Gasteiger partial charge on any atom is -0.496 e. The average Bonchev–Trinajstić information content (AvgIpc) is 3.34. The van der Waals surface area contributed by atoms with Gasteiger partial charge in [0, 0.05) is 11.1 Å². The van der Waals surface area contributed by atoms with E-state index in [9.17, 15) is 0 Å². The lowest BCUT2D eigenvalue weighted by Gasteiger charge is -2.03. The molecule has 0 radical (unpaired) electrons. The van der Waals surface area contributed by atoms with E-state index in [1.165, 1.54) is 0 Å². The maximum absolute atomic E-state index is 5.35. The third kappa shape index (κ3) is 3.42. The molecule has 134 valence electrons. The third-order valence-electron chi connectivity index (χ3n) is 3.99. The summed E-state index contributed by atoms with van der Waals surface area (Å²) < 4.78 is 7.27. The summed E-state index contributed by atoms with van der Waals surface area (Å²) in [6.45, 7) is 0. The lowest BCUT2D eigenvalue weighted by atomic mass is 10.1. The molecular weight excluding hydrogens is 360 g/mol. The van der Waals surface area contributed by atoms with Gasteiger partial charge in [0.25, 0.3) is 0 Å². The molecule has 0 aliphatic carbocycles. The molecule has 0 atom stereocenters. The molecule has 0 amide bonds. The number of methoxy groups -OCH3 is 1. The van der Waals surface area contributed by atoms with E-state index in [1.807, 2.05) is 60.7 Å². The molecule has 0 saturated heterocycles. The number of H-pyrrole nitrogens is 2. The fourth-order valence-corrected chi connectivity index (χ4v) is 2.84. The van der Waals surface area contributed by atoms with Crippen molar-refractivity contribution in [2.45, 2.75) is 0 Å². The van der Waals surface area contributed by atoms with Crippen LogP contribution >= 0.6 is 12.2 Å². The van der Waals surface area contributed by atoms with Gasteiger partial charge in [0.1, 0.15) is 11.4 Å². The summed E-state index contributed by atoms with van der Waals surface area (Å²) in [4.78, 5) is 0. The van der Waals surface area contributed by atoms with Gasteiger partial charge in [0.15, 0.2) is 0 Å². The minimum absolute atomic E-state index is 0.381. The van der Waals surface area contributed by atoms with Gasteiger partial charge in [0.05, 0.1) is 19.0 Å². The van der Waals surface area contributed by atoms with Gasteiger partial charge < -0.3 is 4.74 Å². The Bertz CT molecular complexity index is 1140.